The van der Waals surface area contributed by atoms with E-state index in [9.17, 15) is 4.79 Å². The van der Waals surface area contributed by atoms with Gasteiger partial charge in [-0.1, -0.05) is 19.1 Å². The third kappa shape index (κ3) is 5.27. The van der Waals surface area contributed by atoms with Crippen LogP contribution in [0.15, 0.2) is 18.2 Å². The molecule has 118 valence electrons. The Morgan fingerprint density at radius 3 is 2.67 bits per heavy atom. The van der Waals surface area contributed by atoms with E-state index in [2.05, 4.69) is 6.92 Å². The molecule has 0 spiro atoms. The smallest absolute Gasteiger partial charge is 0.225 e. The van der Waals surface area contributed by atoms with Gasteiger partial charge in [0, 0.05) is 20.1 Å². The molecule has 0 aliphatic carbocycles. The number of benzene rings is 1. The van der Waals surface area contributed by atoms with Crippen molar-refractivity contribution in [3.05, 3.63) is 23.8 Å². The molecule has 1 unspecified atom stereocenters. The summed E-state index contributed by atoms with van der Waals surface area (Å²) in [7, 11) is 5.07. The van der Waals surface area contributed by atoms with Crippen LogP contribution in [0.2, 0.25) is 0 Å². The van der Waals surface area contributed by atoms with Gasteiger partial charge in [-0.15, -0.1) is 0 Å². The highest BCUT2D eigenvalue weighted by Gasteiger charge is 2.14. The second-order valence-electron chi connectivity index (χ2n) is 5.21. The molecule has 0 radical (unpaired) electrons. The highest BCUT2D eigenvalue weighted by Crippen LogP contribution is 2.32. The van der Waals surface area contributed by atoms with Crippen LogP contribution in [-0.2, 0) is 11.2 Å². The number of rotatable bonds is 8. The molecular weight excluding hydrogens is 268 g/mol. The van der Waals surface area contributed by atoms with Crippen molar-refractivity contribution in [3.63, 3.8) is 0 Å². The van der Waals surface area contributed by atoms with Crippen LogP contribution in [0, 0.1) is 0 Å². The molecule has 1 rings (SSSR count). The number of methoxy groups -OCH3 is 1. The number of carbonyl (C=O) groups excluding carboxylic acids is 1. The predicted octanol–water partition coefficient (Wildman–Crippen LogP) is 1.83. The Morgan fingerprint density at radius 1 is 1.38 bits per heavy atom. The number of nitrogens with zero attached hydrogens (tertiary/aromatic N) is 1. The minimum atomic E-state index is 0.0386. The van der Waals surface area contributed by atoms with Gasteiger partial charge in [0.2, 0.25) is 5.91 Å². The maximum Gasteiger partial charge on any atom is 0.225 e. The van der Waals surface area contributed by atoms with E-state index >= 15 is 0 Å². The Bertz CT molecular complexity index is 461. The van der Waals surface area contributed by atoms with Gasteiger partial charge in [-0.2, -0.15) is 0 Å². The Balaban J connectivity index is 2.79. The second kappa shape index (κ2) is 8.52. The third-order valence-electron chi connectivity index (χ3n) is 3.35. The largest absolute Gasteiger partial charge is 0.493 e. The monoisotopic (exact) mass is 294 g/mol. The fraction of sp³-hybridized carbons (Fsp3) is 0.562. The van der Waals surface area contributed by atoms with E-state index < -0.39 is 0 Å². The zero-order chi connectivity index (χ0) is 15.8. The number of amides is 1. The van der Waals surface area contributed by atoms with Crippen LogP contribution in [0.25, 0.3) is 0 Å². The number of hydrogen-bond donors (Lipinski definition) is 1. The summed E-state index contributed by atoms with van der Waals surface area (Å²) in [5.74, 6) is 1.40. The van der Waals surface area contributed by atoms with Crippen LogP contribution in [0.5, 0.6) is 11.5 Å². The van der Waals surface area contributed by atoms with Gasteiger partial charge in [-0.3, -0.25) is 4.79 Å². The summed E-state index contributed by atoms with van der Waals surface area (Å²) < 4.78 is 11.1. The number of hydrogen-bond acceptors (Lipinski definition) is 4. The van der Waals surface area contributed by atoms with Crippen molar-refractivity contribution in [1.29, 1.82) is 0 Å². The summed E-state index contributed by atoms with van der Waals surface area (Å²) >= 11 is 0. The van der Waals surface area contributed by atoms with E-state index in [1.54, 1.807) is 26.1 Å². The molecule has 5 heteroatoms. The molecule has 21 heavy (non-hydrogen) atoms. The van der Waals surface area contributed by atoms with Gasteiger partial charge < -0.3 is 20.1 Å². The molecule has 0 heterocycles. The van der Waals surface area contributed by atoms with Crippen molar-refractivity contribution in [2.75, 3.05) is 27.8 Å². The van der Waals surface area contributed by atoms with Crippen LogP contribution in [0.4, 0.5) is 0 Å². The highest BCUT2D eigenvalue weighted by molar-refractivity contribution is 5.75. The third-order valence-corrected chi connectivity index (χ3v) is 3.35. The van der Waals surface area contributed by atoms with Gasteiger partial charge in [-0.05, 0) is 24.5 Å². The predicted molar refractivity (Wildman–Crippen MR) is 83.8 cm³/mol. The molecule has 0 aliphatic heterocycles. The van der Waals surface area contributed by atoms with Crippen molar-refractivity contribution in [2.24, 2.45) is 5.73 Å². The molecule has 0 fully saturated rings. The van der Waals surface area contributed by atoms with E-state index in [1.807, 2.05) is 18.2 Å². The van der Waals surface area contributed by atoms with E-state index in [-0.39, 0.29) is 11.9 Å². The average Bonchev–Trinajstić information content (AvgIpc) is 2.47. The molecule has 2 N–H and O–H groups in total. The first-order valence-corrected chi connectivity index (χ1v) is 7.24. The van der Waals surface area contributed by atoms with E-state index in [1.165, 1.54) is 0 Å². The lowest BCUT2D eigenvalue weighted by Crippen LogP contribution is -2.24. The molecule has 1 aromatic carbocycles. The quantitative estimate of drug-likeness (QED) is 0.794. The molecule has 1 atom stereocenters. The Labute approximate surface area is 127 Å². The first-order valence-electron chi connectivity index (χ1n) is 7.24. The lowest BCUT2D eigenvalue weighted by atomic mass is 10.0. The van der Waals surface area contributed by atoms with E-state index in [4.69, 9.17) is 15.2 Å². The molecule has 1 aromatic rings. The van der Waals surface area contributed by atoms with Crippen LogP contribution >= 0.6 is 0 Å². The maximum absolute atomic E-state index is 11.6. The first-order chi connectivity index (χ1) is 9.99. The number of ether oxygens (including phenoxy) is 2. The van der Waals surface area contributed by atoms with E-state index in [0.29, 0.717) is 24.5 Å². The van der Waals surface area contributed by atoms with Crippen LogP contribution in [0.3, 0.4) is 0 Å². The SMILES string of the molecule is CCC(N)Cc1cccc(OC)c1OCCC(=O)N(C)C. The molecule has 0 aromatic heterocycles. The Hall–Kier alpha value is -1.75. The maximum atomic E-state index is 11.6. The van der Waals surface area contributed by atoms with Gasteiger partial charge in [0.05, 0.1) is 20.1 Å². The number of nitrogens with two attached hydrogens (primary N) is 1. The zero-order valence-corrected chi connectivity index (χ0v) is 13.4. The standard InChI is InChI=1S/C16H26N2O3/c1-5-13(17)11-12-7-6-8-14(20-4)16(12)21-10-9-15(19)18(2)3/h6-8,13H,5,9-11,17H2,1-4H3. The summed E-state index contributed by atoms with van der Waals surface area (Å²) in [6, 6.07) is 5.85. The average molecular weight is 294 g/mol. The topological polar surface area (TPSA) is 64.8 Å². The van der Waals surface area contributed by atoms with Gasteiger partial charge in [0.25, 0.3) is 0 Å². The number of carbonyl (C=O) groups is 1. The van der Waals surface area contributed by atoms with Gasteiger partial charge >= 0.3 is 0 Å². The van der Waals surface area contributed by atoms with Crippen LogP contribution in [0.1, 0.15) is 25.3 Å². The summed E-state index contributed by atoms with van der Waals surface area (Å²) in [5, 5.41) is 0. The lowest BCUT2D eigenvalue weighted by molar-refractivity contribution is -0.129. The Morgan fingerprint density at radius 2 is 2.10 bits per heavy atom. The highest BCUT2D eigenvalue weighted by atomic mass is 16.5. The minimum absolute atomic E-state index is 0.0386. The second-order valence-corrected chi connectivity index (χ2v) is 5.21. The van der Waals surface area contributed by atoms with Crippen molar-refractivity contribution < 1.29 is 14.3 Å². The van der Waals surface area contributed by atoms with Gasteiger partial charge in [-0.25, -0.2) is 0 Å². The van der Waals surface area contributed by atoms with Crippen LogP contribution < -0.4 is 15.2 Å². The Kier molecular flexibility index (Phi) is 7.02. The van der Waals surface area contributed by atoms with Gasteiger partial charge in [0.1, 0.15) is 0 Å². The molecule has 1 amide bonds. The lowest BCUT2D eigenvalue weighted by Gasteiger charge is -2.17. The normalized spacial score (nSPS) is 11.9. The molecule has 0 saturated carbocycles. The van der Waals surface area contributed by atoms with E-state index in [0.717, 1.165) is 18.4 Å². The summed E-state index contributed by atoms with van der Waals surface area (Å²) in [4.78, 5) is 13.1. The van der Waals surface area contributed by atoms with Crippen LogP contribution in [-0.4, -0.2) is 44.7 Å². The molecule has 0 bridgehead atoms. The van der Waals surface area contributed by atoms with Gasteiger partial charge in [0.15, 0.2) is 11.5 Å². The molecule has 5 nitrogen and oxygen atoms in total. The zero-order valence-electron chi connectivity index (χ0n) is 13.4. The van der Waals surface area contributed by atoms with Crippen molar-refractivity contribution in [1.82, 2.24) is 4.90 Å². The number of para-hydroxylation sites is 1. The fourth-order valence-corrected chi connectivity index (χ4v) is 1.94. The summed E-state index contributed by atoms with van der Waals surface area (Å²) in [6.45, 7) is 2.38. The summed E-state index contributed by atoms with van der Waals surface area (Å²) in [5.41, 5.74) is 7.04. The summed E-state index contributed by atoms with van der Waals surface area (Å²) in [6.07, 6.45) is 1.96. The molecular formula is C16H26N2O3. The van der Waals surface area contributed by atoms with Crippen molar-refractivity contribution >= 4 is 5.91 Å². The van der Waals surface area contributed by atoms with Crippen molar-refractivity contribution in [3.8, 4) is 11.5 Å². The molecule has 0 saturated heterocycles. The van der Waals surface area contributed by atoms with Crippen molar-refractivity contribution in [2.45, 2.75) is 32.2 Å². The molecule has 0 aliphatic rings. The minimum Gasteiger partial charge on any atom is -0.493 e. The first kappa shape index (κ1) is 17.3. The fourth-order valence-electron chi connectivity index (χ4n) is 1.94.